The average Bonchev–Trinajstić information content (AvgIpc) is 4.03. The highest BCUT2D eigenvalue weighted by atomic mass is 32.1. The van der Waals surface area contributed by atoms with Crippen molar-refractivity contribution in [1.29, 1.82) is 0 Å². The van der Waals surface area contributed by atoms with Crippen molar-refractivity contribution in [3.63, 3.8) is 0 Å². The van der Waals surface area contributed by atoms with Crippen molar-refractivity contribution in [2.75, 3.05) is 4.90 Å². The molecule has 10 aromatic rings. The molecule has 0 saturated carbocycles. The second kappa shape index (κ2) is 11.6. The number of thiophene rings is 1. The molecule has 4 aliphatic rings. The molecule has 14 rings (SSSR count). The van der Waals surface area contributed by atoms with E-state index in [1.807, 2.05) is 11.3 Å². The summed E-state index contributed by atoms with van der Waals surface area (Å²) in [6.07, 6.45) is 2.23. The van der Waals surface area contributed by atoms with Crippen LogP contribution in [0.25, 0.3) is 64.3 Å². The van der Waals surface area contributed by atoms with Crippen LogP contribution in [0.5, 0.6) is 0 Å². The molecule has 0 bridgehead atoms. The fourth-order valence-corrected chi connectivity index (χ4v) is 16.7. The molecule has 1 spiro atoms. The quantitative estimate of drug-likeness (QED) is 0.161. The third-order valence-electron chi connectivity index (χ3n) is 14.8. The first kappa shape index (κ1) is 33.3. The minimum atomic E-state index is -1.90. The van der Waals surface area contributed by atoms with Crippen molar-refractivity contribution in [3.8, 4) is 33.4 Å². The first-order valence-corrected chi connectivity index (χ1v) is 25.2. The highest BCUT2D eigenvalue weighted by Gasteiger charge is 2.51. The summed E-state index contributed by atoms with van der Waals surface area (Å²) in [5.41, 5.74) is 20.2. The topological polar surface area (TPSA) is 3.24 Å². The van der Waals surface area contributed by atoms with Gasteiger partial charge in [0.15, 0.2) is 0 Å². The van der Waals surface area contributed by atoms with Gasteiger partial charge in [-0.25, -0.2) is 0 Å². The first-order chi connectivity index (χ1) is 29.5. The summed E-state index contributed by atoms with van der Waals surface area (Å²) in [5, 5.41) is 8.67. The summed E-state index contributed by atoms with van der Waals surface area (Å²) in [7, 11) is -1.90. The van der Waals surface area contributed by atoms with Gasteiger partial charge in [0.05, 0.1) is 15.8 Å². The minimum absolute atomic E-state index is 0.419. The summed E-state index contributed by atoms with van der Waals surface area (Å²) in [6.45, 7) is 5.04. The highest BCUT2D eigenvalue weighted by Crippen LogP contribution is 2.64. The fraction of sp³-hybridized carbons (Fsp3) is 0.0877. The van der Waals surface area contributed by atoms with Crippen molar-refractivity contribution >= 4 is 77.8 Å². The van der Waals surface area contributed by atoms with Crippen LogP contribution in [0.2, 0.25) is 13.1 Å². The van der Waals surface area contributed by atoms with Gasteiger partial charge < -0.3 is 4.90 Å². The Labute approximate surface area is 354 Å². The van der Waals surface area contributed by atoms with Crippen LogP contribution < -0.4 is 15.3 Å². The monoisotopic (exact) mass is 797 g/mol. The number of rotatable bonds is 3. The molecule has 1 aliphatic heterocycles. The van der Waals surface area contributed by atoms with Crippen molar-refractivity contribution in [1.82, 2.24) is 0 Å². The molecular weight excluding hydrogens is 759 g/mol. The molecule has 0 atom stereocenters. The van der Waals surface area contributed by atoms with E-state index in [9.17, 15) is 0 Å². The summed E-state index contributed by atoms with van der Waals surface area (Å²) in [6, 6.07) is 67.7. The molecule has 3 aliphatic carbocycles. The normalized spacial score (nSPS) is 15.3. The second-order valence-electron chi connectivity index (χ2n) is 17.8. The number of anilines is 3. The van der Waals surface area contributed by atoms with E-state index in [1.165, 1.54) is 125 Å². The zero-order valence-electron chi connectivity index (χ0n) is 33.5. The van der Waals surface area contributed by atoms with Gasteiger partial charge >= 0.3 is 0 Å². The molecule has 0 saturated heterocycles. The van der Waals surface area contributed by atoms with E-state index in [0.29, 0.717) is 0 Å². The molecule has 1 aromatic heterocycles. The smallest absolute Gasteiger partial charge is 0.113 e. The Balaban J connectivity index is 1.08. The molecule has 0 radical (unpaired) electrons. The standard InChI is InChI=1S/C57H39NSSi/c1-60(2)50-22-11-8-17-40(50)41-29-27-37(33-51(41)60)58(36-13-4-3-5-14-36)49-21-12-18-42-43-30-32-48-54(56(43)59-55(42)49)44-28-25-34-23-24-35-26-31-47(53(44)52(34)35)57(48)45-19-9-6-15-38(45)39-16-7-10-20-46(39)57/h3-22,25-33H,23-24H2,1-2H3. The van der Waals surface area contributed by atoms with E-state index in [1.54, 1.807) is 0 Å². The number of fused-ring (bicyclic) bond motifs is 16. The van der Waals surface area contributed by atoms with Gasteiger partial charge in [-0.2, -0.15) is 0 Å². The van der Waals surface area contributed by atoms with E-state index in [0.717, 1.165) is 12.8 Å². The zero-order chi connectivity index (χ0) is 39.5. The Hall–Kier alpha value is -6.52. The molecule has 2 heterocycles. The van der Waals surface area contributed by atoms with Gasteiger partial charge in [0, 0.05) is 32.4 Å². The maximum Gasteiger partial charge on any atom is 0.113 e. The van der Waals surface area contributed by atoms with Gasteiger partial charge in [0.25, 0.3) is 0 Å². The molecule has 9 aromatic carbocycles. The van der Waals surface area contributed by atoms with Gasteiger partial charge in [0.1, 0.15) is 8.07 Å². The number of hydrogen-bond acceptors (Lipinski definition) is 2. The van der Waals surface area contributed by atoms with Crippen molar-refractivity contribution < 1.29 is 0 Å². The summed E-state index contributed by atoms with van der Waals surface area (Å²) in [4.78, 5) is 2.53. The van der Waals surface area contributed by atoms with Crippen LogP contribution in [-0.2, 0) is 18.3 Å². The predicted octanol–water partition coefficient (Wildman–Crippen LogP) is 13.9. The second-order valence-corrected chi connectivity index (χ2v) is 23.2. The van der Waals surface area contributed by atoms with E-state index >= 15 is 0 Å². The SMILES string of the molecule is C[Si]1(C)c2ccccc2-c2ccc(N(c3ccccc3)c3cccc4c3sc3c5c(ccc34)C3(c4ccccc4-c4ccccc43)c3ccc4c6c(ccc-5c36)CC4)cc21. The highest BCUT2D eigenvalue weighted by molar-refractivity contribution is 7.27. The lowest BCUT2D eigenvalue weighted by molar-refractivity contribution is 0.775. The number of para-hydroxylation sites is 1. The van der Waals surface area contributed by atoms with Gasteiger partial charge in [-0.15, -0.1) is 11.3 Å². The lowest BCUT2D eigenvalue weighted by Gasteiger charge is -2.40. The van der Waals surface area contributed by atoms with Gasteiger partial charge in [-0.05, 0) is 126 Å². The molecule has 0 unspecified atom stereocenters. The Morgan fingerprint density at radius 2 is 1.08 bits per heavy atom. The molecule has 60 heavy (non-hydrogen) atoms. The maximum absolute atomic E-state index is 2.53. The largest absolute Gasteiger partial charge is 0.309 e. The van der Waals surface area contributed by atoms with Gasteiger partial charge in [-0.1, -0.05) is 159 Å². The Morgan fingerprint density at radius 3 is 1.87 bits per heavy atom. The molecule has 282 valence electrons. The number of aryl methyl sites for hydroxylation is 2. The van der Waals surface area contributed by atoms with Crippen LogP contribution in [-0.4, -0.2) is 8.07 Å². The Bertz CT molecular complexity index is 3480. The van der Waals surface area contributed by atoms with Crippen LogP contribution in [0.3, 0.4) is 0 Å². The van der Waals surface area contributed by atoms with Crippen molar-refractivity contribution in [2.45, 2.75) is 31.4 Å². The molecule has 3 heteroatoms. The van der Waals surface area contributed by atoms with Crippen LogP contribution in [0.1, 0.15) is 33.4 Å². The van der Waals surface area contributed by atoms with Crippen molar-refractivity contribution in [2.24, 2.45) is 0 Å². The lowest BCUT2D eigenvalue weighted by Crippen LogP contribution is -2.49. The molecule has 0 N–H and O–H groups in total. The van der Waals surface area contributed by atoms with Crippen molar-refractivity contribution in [3.05, 3.63) is 209 Å². The third-order valence-corrected chi connectivity index (χ3v) is 19.6. The lowest BCUT2D eigenvalue weighted by atomic mass is 9.61. The first-order valence-electron chi connectivity index (χ1n) is 21.4. The van der Waals surface area contributed by atoms with Crippen LogP contribution in [0.15, 0.2) is 176 Å². The summed E-state index contributed by atoms with van der Waals surface area (Å²) in [5.74, 6) is 0. The average molecular weight is 798 g/mol. The predicted molar refractivity (Wildman–Crippen MR) is 257 cm³/mol. The van der Waals surface area contributed by atoms with E-state index in [-0.39, 0.29) is 0 Å². The van der Waals surface area contributed by atoms with Crippen LogP contribution in [0, 0.1) is 0 Å². The summed E-state index contributed by atoms with van der Waals surface area (Å²) >= 11 is 1.99. The summed E-state index contributed by atoms with van der Waals surface area (Å²) < 4.78 is 2.70. The molecular formula is C57H39NSSi. The third kappa shape index (κ3) is 3.98. The Kier molecular flexibility index (Phi) is 6.44. The Morgan fingerprint density at radius 1 is 0.450 bits per heavy atom. The number of benzene rings is 9. The van der Waals surface area contributed by atoms with Gasteiger partial charge in [0.2, 0.25) is 0 Å². The number of nitrogens with zero attached hydrogens (tertiary/aromatic N) is 1. The minimum Gasteiger partial charge on any atom is -0.309 e. The fourth-order valence-electron chi connectivity index (χ4n) is 12.2. The molecule has 0 fully saturated rings. The number of hydrogen-bond donors (Lipinski definition) is 0. The van der Waals surface area contributed by atoms with E-state index in [4.69, 9.17) is 0 Å². The maximum atomic E-state index is 2.53. The van der Waals surface area contributed by atoms with E-state index < -0.39 is 13.5 Å². The van der Waals surface area contributed by atoms with Crippen LogP contribution >= 0.6 is 11.3 Å². The van der Waals surface area contributed by atoms with E-state index in [2.05, 4.69) is 194 Å². The van der Waals surface area contributed by atoms with Crippen LogP contribution in [0.4, 0.5) is 17.1 Å². The zero-order valence-corrected chi connectivity index (χ0v) is 35.3. The van der Waals surface area contributed by atoms with Gasteiger partial charge in [-0.3, -0.25) is 0 Å². The molecule has 0 amide bonds. The molecule has 1 nitrogen and oxygen atoms in total.